The Kier molecular flexibility index (Phi) is 3.87. The highest BCUT2D eigenvalue weighted by Crippen LogP contribution is 2.26. The summed E-state index contributed by atoms with van der Waals surface area (Å²) in [6, 6.07) is 1.78. The fraction of sp³-hybridized carbons (Fsp3) is 0.250. The number of rotatable bonds is 3. The lowest BCUT2D eigenvalue weighted by atomic mass is 10.2. The number of pyridine rings is 1. The van der Waals surface area contributed by atoms with E-state index in [-0.39, 0.29) is 6.10 Å². The van der Waals surface area contributed by atoms with Crippen molar-refractivity contribution in [2.75, 3.05) is 0 Å². The first-order valence-electron chi connectivity index (χ1n) is 3.49. The molecule has 0 aliphatic rings. The Balaban J connectivity index is 2.97. The molecule has 0 saturated heterocycles. The van der Waals surface area contributed by atoms with Gasteiger partial charge >= 0.3 is 6.47 Å². The minimum Gasteiger partial charge on any atom is -0.449 e. The quantitative estimate of drug-likeness (QED) is 0.806. The summed E-state index contributed by atoms with van der Waals surface area (Å²) in [5.41, 5.74) is 0.852. The predicted octanol–water partition coefficient (Wildman–Crippen LogP) is 2.75. The van der Waals surface area contributed by atoms with E-state index in [2.05, 4.69) is 41.6 Å². The van der Waals surface area contributed by atoms with Gasteiger partial charge in [-0.3, -0.25) is 0 Å². The SMILES string of the molecule is CC(O[C]=O)c1cc(Br)ncc1Br. The fourth-order valence-corrected chi connectivity index (χ4v) is 1.76. The van der Waals surface area contributed by atoms with E-state index in [1.807, 2.05) is 0 Å². The third-order valence-corrected chi connectivity index (χ3v) is 2.61. The van der Waals surface area contributed by atoms with E-state index >= 15 is 0 Å². The topological polar surface area (TPSA) is 39.2 Å². The molecule has 69 valence electrons. The van der Waals surface area contributed by atoms with Crippen LogP contribution in [0.3, 0.4) is 0 Å². The van der Waals surface area contributed by atoms with Crippen LogP contribution in [0.1, 0.15) is 18.6 Å². The first kappa shape index (κ1) is 10.7. The molecular formula is C8H6Br2NO2. The van der Waals surface area contributed by atoms with Crippen molar-refractivity contribution in [1.29, 1.82) is 0 Å². The van der Waals surface area contributed by atoms with Gasteiger partial charge in [0.1, 0.15) is 10.7 Å². The Bertz CT molecular complexity index is 317. The molecule has 0 fully saturated rings. The molecule has 0 N–H and O–H groups in total. The maximum absolute atomic E-state index is 9.99. The van der Waals surface area contributed by atoms with Crippen molar-refractivity contribution in [1.82, 2.24) is 4.98 Å². The van der Waals surface area contributed by atoms with Gasteiger partial charge in [0.15, 0.2) is 0 Å². The second-order valence-electron chi connectivity index (χ2n) is 2.37. The lowest BCUT2D eigenvalue weighted by Gasteiger charge is -2.10. The fourth-order valence-electron chi connectivity index (χ4n) is 0.875. The Hall–Kier alpha value is -0.420. The van der Waals surface area contributed by atoms with E-state index in [1.54, 1.807) is 19.2 Å². The van der Waals surface area contributed by atoms with Crippen LogP contribution < -0.4 is 0 Å². The minimum atomic E-state index is -0.328. The van der Waals surface area contributed by atoms with Gasteiger partial charge in [-0.1, -0.05) is 0 Å². The highest BCUT2D eigenvalue weighted by molar-refractivity contribution is 9.11. The molecule has 13 heavy (non-hydrogen) atoms. The van der Waals surface area contributed by atoms with Crippen molar-refractivity contribution in [2.45, 2.75) is 13.0 Å². The number of nitrogens with zero attached hydrogens (tertiary/aromatic N) is 1. The Morgan fingerprint density at radius 1 is 1.62 bits per heavy atom. The normalized spacial score (nSPS) is 12.2. The zero-order chi connectivity index (χ0) is 9.84. The van der Waals surface area contributed by atoms with Gasteiger partial charge in [0.25, 0.3) is 0 Å². The highest BCUT2D eigenvalue weighted by Gasteiger charge is 2.11. The summed E-state index contributed by atoms with van der Waals surface area (Å²) in [6.07, 6.45) is 1.32. The lowest BCUT2D eigenvalue weighted by molar-refractivity contribution is 0.197. The predicted molar refractivity (Wildman–Crippen MR) is 54.8 cm³/mol. The zero-order valence-electron chi connectivity index (χ0n) is 6.75. The van der Waals surface area contributed by atoms with E-state index in [4.69, 9.17) is 0 Å². The summed E-state index contributed by atoms with van der Waals surface area (Å²) < 4.78 is 6.18. The lowest BCUT2D eigenvalue weighted by Crippen LogP contribution is -1.99. The van der Waals surface area contributed by atoms with Crippen LogP contribution >= 0.6 is 31.9 Å². The largest absolute Gasteiger partial charge is 0.449 e. The van der Waals surface area contributed by atoms with Gasteiger partial charge in [-0.15, -0.1) is 0 Å². The standard InChI is InChI=1S/C8H6Br2NO2/c1-5(13-4-12)6-2-8(10)11-3-7(6)9/h2-3,5H,1H3. The Labute approximate surface area is 92.8 Å². The maximum atomic E-state index is 9.99. The van der Waals surface area contributed by atoms with Crippen molar-refractivity contribution in [3.05, 3.63) is 26.9 Å². The van der Waals surface area contributed by atoms with Gasteiger partial charge in [-0.25, -0.2) is 9.78 Å². The average Bonchev–Trinajstić information content (AvgIpc) is 2.09. The van der Waals surface area contributed by atoms with E-state index in [0.29, 0.717) is 4.60 Å². The first-order valence-corrected chi connectivity index (χ1v) is 5.07. The van der Waals surface area contributed by atoms with Crippen LogP contribution in [-0.4, -0.2) is 11.5 Å². The second-order valence-corrected chi connectivity index (χ2v) is 4.04. The Morgan fingerprint density at radius 2 is 2.31 bits per heavy atom. The smallest absolute Gasteiger partial charge is 0.418 e. The molecule has 1 aromatic heterocycles. The number of hydrogen-bond acceptors (Lipinski definition) is 3. The van der Waals surface area contributed by atoms with E-state index in [1.165, 1.54) is 6.47 Å². The van der Waals surface area contributed by atoms with Crippen LogP contribution in [0, 0.1) is 0 Å². The molecule has 5 heteroatoms. The van der Waals surface area contributed by atoms with Crippen molar-refractivity contribution >= 4 is 38.3 Å². The summed E-state index contributed by atoms with van der Waals surface area (Å²) in [7, 11) is 0. The monoisotopic (exact) mass is 306 g/mol. The van der Waals surface area contributed by atoms with E-state index in [0.717, 1.165) is 10.0 Å². The molecule has 0 aliphatic heterocycles. The van der Waals surface area contributed by atoms with Crippen molar-refractivity contribution in [3.8, 4) is 0 Å². The summed E-state index contributed by atoms with van der Waals surface area (Å²) in [4.78, 5) is 14.0. The van der Waals surface area contributed by atoms with Crippen molar-refractivity contribution < 1.29 is 9.53 Å². The summed E-state index contributed by atoms with van der Waals surface area (Å²) in [5.74, 6) is 0. The molecule has 3 nitrogen and oxygen atoms in total. The van der Waals surface area contributed by atoms with Gasteiger partial charge in [0, 0.05) is 16.2 Å². The number of aromatic nitrogens is 1. The van der Waals surface area contributed by atoms with Gasteiger partial charge in [-0.05, 0) is 44.8 Å². The third-order valence-electron chi connectivity index (χ3n) is 1.51. The van der Waals surface area contributed by atoms with Gasteiger partial charge in [0.2, 0.25) is 0 Å². The van der Waals surface area contributed by atoms with Crippen LogP contribution in [0.5, 0.6) is 0 Å². The number of halogens is 2. The molecule has 0 aromatic carbocycles. The molecule has 0 spiro atoms. The summed E-state index contributed by atoms with van der Waals surface area (Å²) >= 11 is 6.54. The zero-order valence-corrected chi connectivity index (χ0v) is 9.92. The summed E-state index contributed by atoms with van der Waals surface area (Å²) in [5, 5.41) is 0. The number of ether oxygens (including phenoxy) is 1. The average molecular weight is 308 g/mol. The van der Waals surface area contributed by atoms with Crippen molar-refractivity contribution in [3.63, 3.8) is 0 Å². The molecule has 1 unspecified atom stereocenters. The van der Waals surface area contributed by atoms with Crippen molar-refractivity contribution in [2.24, 2.45) is 0 Å². The van der Waals surface area contributed by atoms with E-state index < -0.39 is 0 Å². The molecule has 1 radical (unpaired) electrons. The third kappa shape index (κ3) is 2.77. The van der Waals surface area contributed by atoms with Crippen LogP contribution in [0.2, 0.25) is 0 Å². The molecule has 0 amide bonds. The van der Waals surface area contributed by atoms with Gasteiger partial charge in [0.05, 0.1) is 0 Å². The van der Waals surface area contributed by atoms with Crippen LogP contribution in [0.4, 0.5) is 0 Å². The van der Waals surface area contributed by atoms with Crippen LogP contribution in [0.25, 0.3) is 0 Å². The molecule has 1 aromatic rings. The molecule has 1 heterocycles. The van der Waals surface area contributed by atoms with E-state index in [9.17, 15) is 4.79 Å². The molecule has 0 saturated carbocycles. The van der Waals surface area contributed by atoms with Crippen LogP contribution in [-0.2, 0) is 9.53 Å². The summed E-state index contributed by atoms with van der Waals surface area (Å²) in [6.45, 7) is 3.17. The molecular weight excluding hydrogens is 302 g/mol. The van der Waals surface area contributed by atoms with Crippen LogP contribution in [0.15, 0.2) is 21.3 Å². The maximum Gasteiger partial charge on any atom is 0.418 e. The molecule has 0 bridgehead atoms. The highest BCUT2D eigenvalue weighted by atomic mass is 79.9. The first-order chi connectivity index (χ1) is 6.15. The number of hydrogen-bond donors (Lipinski definition) is 0. The molecule has 1 atom stereocenters. The Morgan fingerprint density at radius 3 is 2.92 bits per heavy atom. The minimum absolute atomic E-state index is 0.328. The number of carbonyl (C=O) groups excluding carboxylic acids is 1. The van der Waals surface area contributed by atoms with Gasteiger partial charge in [-0.2, -0.15) is 0 Å². The molecule has 1 rings (SSSR count). The second kappa shape index (κ2) is 4.72. The van der Waals surface area contributed by atoms with Gasteiger partial charge < -0.3 is 4.74 Å². The molecule has 0 aliphatic carbocycles.